The predicted octanol–water partition coefficient (Wildman–Crippen LogP) is 3.63. The quantitative estimate of drug-likeness (QED) is 0.317. The van der Waals surface area contributed by atoms with Gasteiger partial charge in [-0.2, -0.15) is 0 Å². The summed E-state index contributed by atoms with van der Waals surface area (Å²) >= 11 is 5.46. The van der Waals surface area contributed by atoms with Crippen molar-refractivity contribution in [2.75, 3.05) is 30.0 Å². The zero-order valence-corrected chi connectivity index (χ0v) is 20.5. The van der Waals surface area contributed by atoms with Crippen LogP contribution in [0.2, 0.25) is 0 Å². The standard InChI is InChI=1S/C24H36N4O4S/c1-15(2)14-28(19-8-10-32-11-9-19)21-7-6-18(16(3)12-22(29)30)13-20(21)25-24(33)27-26-23(31)17-4-5-17/h6-7,13,15-17,19H,4-5,8-12,14H2,1-3H3,(H,26,31)(H,29,30)(H2,25,27,33)/t16-/m1/s1. The molecule has 0 bridgehead atoms. The zero-order chi connectivity index (χ0) is 24.0. The number of benzene rings is 1. The molecule has 2 aliphatic rings. The van der Waals surface area contributed by atoms with E-state index in [0.717, 1.165) is 62.4 Å². The van der Waals surface area contributed by atoms with Crippen LogP contribution in [0.1, 0.15) is 64.4 Å². The van der Waals surface area contributed by atoms with E-state index >= 15 is 0 Å². The monoisotopic (exact) mass is 476 g/mol. The molecule has 1 heterocycles. The molecule has 1 atom stereocenters. The van der Waals surface area contributed by atoms with Crippen molar-refractivity contribution < 1.29 is 19.4 Å². The van der Waals surface area contributed by atoms with E-state index in [1.165, 1.54) is 0 Å². The number of rotatable bonds is 9. The molecular formula is C24H36N4O4S. The number of nitrogens with one attached hydrogen (secondary N) is 3. The molecule has 33 heavy (non-hydrogen) atoms. The van der Waals surface area contributed by atoms with Gasteiger partial charge in [0.15, 0.2) is 5.11 Å². The smallest absolute Gasteiger partial charge is 0.303 e. The van der Waals surface area contributed by atoms with Gasteiger partial charge in [-0.15, -0.1) is 0 Å². The lowest BCUT2D eigenvalue weighted by Crippen LogP contribution is -2.45. The number of hydrogen-bond donors (Lipinski definition) is 4. The number of carboxylic acid groups (broad SMARTS) is 1. The van der Waals surface area contributed by atoms with E-state index in [2.05, 4.69) is 41.0 Å². The number of hydrazine groups is 1. The van der Waals surface area contributed by atoms with Crippen LogP contribution < -0.4 is 21.1 Å². The molecule has 0 spiro atoms. The van der Waals surface area contributed by atoms with Gasteiger partial charge in [-0.05, 0) is 67.4 Å². The third kappa shape index (κ3) is 7.57. The van der Waals surface area contributed by atoms with Gasteiger partial charge >= 0.3 is 5.97 Å². The van der Waals surface area contributed by atoms with Crippen molar-refractivity contribution in [1.29, 1.82) is 0 Å². The first-order valence-corrected chi connectivity index (χ1v) is 12.2. The minimum Gasteiger partial charge on any atom is -0.481 e. The third-order valence-electron chi connectivity index (χ3n) is 6.07. The average Bonchev–Trinajstić information content (AvgIpc) is 3.61. The normalized spacial score (nSPS) is 17.3. The molecule has 2 fully saturated rings. The molecule has 9 heteroatoms. The van der Waals surface area contributed by atoms with Crippen LogP contribution in [0, 0.1) is 11.8 Å². The number of anilines is 2. The summed E-state index contributed by atoms with van der Waals surface area (Å²) in [5.41, 5.74) is 8.22. The van der Waals surface area contributed by atoms with E-state index < -0.39 is 5.97 Å². The molecule has 4 N–H and O–H groups in total. The fraction of sp³-hybridized carbons (Fsp3) is 0.625. The SMILES string of the molecule is CC(C)CN(c1ccc([C@H](C)CC(=O)O)cc1NC(=S)NNC(=O)C1CC1)C1CCOCC1. The number of hydrogen-bond acceptors (Lipinski definition) is 5. The van der Waals surface area contributed by atoms with Gasteiger partial charge in [-0.1, -0.05) is 26.8 Å². The first-order valence-electron chi connectivity index (χ1n) is 11.8. The molecule has 182 valence electrons. The fourth-order valence-electron chi connectivity index (χ4n) is 4.14. The number of carboxylic acids is 1. The Morgan fingerprint density at radius 3 is 2.45 bits per heavy atom. The van der Waals surface area contributed by atoms with Crippen LogP contribution in [0.4, 0.5) is 11.4 Å². The molecule has 1 saturated carbocycles. The second-order valence-electron chi connectivity index (χ2n) is 9.51. The van der Waals surface area contributed by atoms with Gasteiger partial charge in [0.1, 0.15) is 0 Å². The molecule has 0 unspecified atom stereocenters. The fourth-order valence-corrected chi connectivity index (χ4v) is 4.31. The van der Waals surface area contributed by atoms with Crippen LogP contribution in [-0.2, 0) is 14.3 Å². The Hall–Kier alpha value is -2.39. The van der Waals surface area contributed by atoms with E-state index in [1.807, 2.05) is 19.1 Å². The first kappa shape index (κ1) is 25.2. The number of aliphatic carboxylic acids is 1. The predicted molar refractivity (Wildman–Crippen MR) is 133 cm³/mol. The Labute approximate surface area is 201 Å². The molecule has 1 saturated heterocycles. The van der Waals surface area contributed by atoms with Gasteiger partial charge in [0.05, 0.1) is 17.8 Å². The van der Waals surface area contributed by atoms with Crippen molar-refractivity contribution in [1.82, 2.24) is 10.9 Å². The lowest BCUT2D eigenvalue weighted by molar-refractivity contribution is -0.137. The van der Waals surface area contributed by atoms with Crippen molar-refractivity contribution >= 4 is 40.6 Å². The second kappa shape index (κ2) is 11.7. The summed E-state index contributed by atoms with van der Waals surface area (Å²) in [6.07, 6.45) is 3.77. The number of nitrogens with zero attached hydrogens (tertiary/aromatic N) is 1. The Kier molecular flexibility index (Phi) is 8.91. The van der Waals surface area contributed by atoms with Crippen LogP contribution >= 0.6 is 12.2 Å². The highest BCUT2D eigenvalue weighted by Gasteiger charge is 2.30. The highest BCUT2D eigenvalue weighted by atomic mass is 32.1. The molecule has 1 aliphatic heterocycles. The van der Waals surface area contributed by atoms with E-state index in [0.29, 0.717) is 17.1 Å². The van der Waals surface area contributed by atoms with Crippen LogP contribution in [0.15, 0.2) is 18.2 Å². The Morgan fingerprint density at radius 2 is 1.85 bits per heavy atom. The molecule has 1 amide bonds. The summed E-state index contributed by atoms with van der Waals surface area (Å²) in [7, 11) is 0. The molecule has 1 aromatic carbocycles. The summed E-state index contributed by atoms with van der Waals surface area (Å²) in [5, 5.41) is 12.8. The van der Waals surface area contributed by atoms with Gasteiger partial charge in [0.25, 0.3) is 0 Å². The van der Waals surface area contributed by atoms with Crippen LogP contribution in [0.3, 0.4) is 0 Å². The molecule has 8 nitrogen and oxygen atoms in total. The van der Waals surface area contributed by atoms with E-state index in [9.17, 15) is 14.7 Å². The zero-order valence-electron chi connectivity index (χ0n) is 19.7. The summed E-state index contributed by atoms with van der Waals surface area (Å²) in [4.78, 5) is 25.6. The molecular weight excluding hydrogens is 440 g/mol. The molecule has 0 aromatic heterocycles. The molecule has 1 aromatic rings. The first-order chi connectivity index (χ1) is 15.7. The van der Waals surface area contributed by atoms with Gasteiger partial charge in [0, 0.05) is 31.7 Å². The van der Waals surface area contributed by atoms with Crippen LogP contribution in [0.25, 0.3) is 0 Å². The van der Waals surface area contributed by atoms with E-state index in [-0.39, 0.29) is 24.2 Å². The van der Waals surface area contributed by atoms with Gasteiger partial charge in [-0.3, -0.25) is 20.4 Å². The molecule has 3 rings (SSSR count). The molecule has 0 radical (unpaired) electrons. The average molecular weight is 477 g/mol. The highest BCUT2D eigenvalue weighted by Crippen LogP contribution is 2.34. The van der Waals surface area contributed by atoms with Crippen molar-refractivity contribution in [3.8, 4) is 0 Å². The Balaban J connectivity index is 1.86. The highest BCUT2D eigenvalue weighted by molar-refractivity contribution is 7.80. The summed E-state index contributed by atoms with van der Waals surface area (Å²) in [5.74, 6) is -0.494. The maximum absolute atomic E-state index is 12.0. The van der Waals surface area contributed by atoms with Crippen molar-refractivity contribution in [2.45, 2.75) is 64.8 Å². The van der Waals surface area contributed by atoms with E-state index in [1.54, 1.807) is 0 Å². The van der Waals surface area contributed by atoms with Gasteiger partial charge in [-0.25, -0.2) is 0 Å². The summed E-state index contributed by atoms with van der Waals surface area (Å²) in [6, 6.07) is 6.39. The van der Waals surface area contributed by atoms with Gasteiger partial charge in [0.2, 0.25) is 5.91 Å². The third-order valence-corrected chi connectivity index (χ3v) is 6.27. The van der Waals surface area contributed by atoms with Crippen LogP contribution in [0.5, 0.6) is 0 Å². The van der Waals surface area contributed by atoms with Crippen molar-refractivity contribution in [3.63, 3.8) is 0 Å². The van der Waals surface area contributed by atoms with Gasteiger partial charge < -0.3 is 20.1 Å². The Bertz CT molecular complexity index is 853. The van der Waals surface area contributed by atoms with Crippen LogP contribution in [-0.4, -0.2) is 47.9 Å². The lowest BCUT2D eigenvalue weighted by atomic mass is 9.95. The maximum atomic E-state index is 12.0. The Morgan fingerprint density at radius 1 is 1.15 bits per heavy atom. The number of carbonyl (C=O) groups is 2. The van der Waals surface area contributed by atoms with E-state index in [4.69, 9.17) is 17.0 Å². The largest absolute Gasteiger partial charge is 0.481 e. The maximum Gasteiger partial charge on any atom is 0.303 e. The van der Waals surface area contributed by atoms with Crippen molar-refractivity contribution in [3.05, 3.63) is 23.8 Å². The summed E-state index contributed by atoms with van der Waals surface area (Å²) < 4.78 is 5.58. The topological polar surface area (TPSA) is 103 Å². The molecule has 1 aliphatic carbocycles. The number of carbonyl (C=O) groups excluding carboxylic acids is 1. The van der Waals surface area contributed by atoms with Crippen molar-refractivity contribution in [2.24, 2.45) is 11.8 Å². The second-order valence-corrected chi connectivity index (χ2v) is 9.92. The number of ether oxygens (including phenoxy) is 1. The summed E-state index contributed by atoms with van der Waals surface area (Å²) in [6.45, 7) is 8.65. The number of thiocarbonyl (C=S) groups is 1. The lowest BCUT2D eigenvalue weighted by Gasteiger charge is -2.38. The number of amides is 1. The minimum atomic E-state index is -0.829. The minimum absolute atomic E-state index is 0.0492.